The Bertz CT molecular complexity index is 377. The highest BCUT2D eigenvalue weighted by molar-refractivity contribution is 7.80. The molecule has 5 nitrogen and oxygen atoms in total. The third-order valence-electron chi connectivity index (χ3n) is 1.80. The molecule has 0 aliphatic rings. The van der Waals surface area contributed by atoms with E-state index in [0.29, 0.717) is 22.9 Å². The predicted molar refractivity (Wildman–Crippen MR) is 67.7 cm³/mol. The van der Waals surface area contributed by atoms with Crippen molar-refractivity contribution in [3.63, 3.8) is 0 Å². The summed E-state index contributed by atoms with van der Waals surface area (Å²) in [5.41, 5.74) is 11.7. The number of hydrazine groups is 1. The lowest BCUT2D eigenvalue weighted by atomic mass is 10.2. The number of thiocarbonyl (C=S) groups is 1. The summed E-state index contributed by atoms with van der Waals surface area (Å²) in [6.45, 7) is 2.61. The van der Waals surface area contributed by atoms with Crippen LogP contribution in [0.5, 0.6) is 0 Å². The number of nitrogens with one attached hydrogen (secondary N) is 3. The van der Waals surface area contributed by atoms with Crippen LogP contribution in [0.2, 0.25) is 0 Å². The van der Waals surface area contributed by atoms with Crippen molar-refractivity contribution < 1.29 is 4.79 Å². The highest BCUT2D eigenvalue weighted by Crippen LogP contribution is 2.04. The second kappa shape index (κ2) is 5.92. The van der Waals surface area contributed by atoms with E-state index in [0.717, 1.165) is 0 Å². The number of anilines is 1. The van der Waals surface area contributed by atoms with E-state index < -0.39 is 0 Å². The lowest BCUT2D eigenvalue weighted by Gasteiger charge is -2.10. The van der Waals surface area contributed by atoms with Gasteiger partial charge in [0.1, 0.15) is 0 Å². The van der Waals surface area contributed by atoms with Crippen molar-refractivity contribution in [3.05, 3.63) is 29.8 Å². The van der Waals surface area contributed by atoms with Crippen LogP contribution in [0.15, 0.2) is 24.3 Å². The molecule has 1 aromatic carbocycles. The number of benzene rings is 1. The number of carbonyl (C=O) groups excluding carboxylic acids is 1. The van der Waals surface area contributed by atoms with Crippen molar-refractivity contribution in [1.29, 1.82) is 0 Å². The average molecular weight is 238 g/mol. The Morgan fingerprint density at radius 3 is 2.50 bits per heavy atom. The van der Waals surface area contributed by atoms with E-state index in [9.17, 15) is 4.79 Å². The maximum Gasteiger partial charge on any atom is 0.269 e. The fourth-order valence-corrected chi connectivity index (χ4v) is 1.22. The Kier molecular flexibility index (Phi) is 4.53. The van der Waals surface area contributed by atoms with Gasteiger partial charge in [0.2, 0.25) is 0 Å². The zero-order valence-corrected chi connectivity index (χ0v) is 9.73. The van der Waals surface area contributed by atoms with Crippen molar-refractivity contribution in [2.45, 2.75) is 6.92 Å². The smallest absolute Gasteiger partial charge is 0.269 e. The van der Waals surface area contributed by atoms with Gasteiger partial charge < -0.3 is 11.1 Å². The molecule has 0 saturated heterocycles. The van der Waals surface area contributed by atoms with Crippen molar-refractivity contribution >= 4 is 28.9 Å². The molecule has 1 rings (SSSR count). The minimum absolute atomic E-state index is 0.264. The zero-order valence-electron chi connectivity index (χ0n) is 8.91. The molecule has 6 heteroatoms. The largest absolute Gasteiger partial charge is 0.399 e. The lowest BCUT2D eigenvalue weighted by Crippen LogP contribution is -2.46. The molecule has 0 aliphatic heterocycles. The van der Waals surface area contributed by atoms with Crippen LogP contribution >= 0.6 is 12.2 Å². The van der Waals surface area contributed by atoms with Gasteiger partial charge in [0, 0.05) is 17.8 Å². The summed E-state index contributed by atoms with van der Waals surface area (Å²) in [6.07, 6.45) is 0. The first-order valence-corrected chi connectivity index (χ1v) is 5.24. The molecule has 0 atom stereocenters. The molecule has 0 saturated carbocycles. The molecular formula is C10H14N4OS. The summed E-state index contributed by atoms with van der Waals surface area (Å²) in [5, 5.41) is 3.23. The third-order valence-corrected chi connectivity index (χ3v) is 2.05. The maximum absolute atomic E-state index is 11.6. The van der Waals surface area contributed by atoms with Crippen LogP contribution in [0.4, 0.5) is 5.69 Å². The summed E-state index contributed by atoms with van der Waals surface area (Å²) >= 11 is 4.89. The molecule has 0 fully saturated rings. The molecular weight excluding hydrogens is 224 g/mol. The van der Waals surface area contributed by atoms with E-state index in [2.05, 4.69) is 16.2 Å². The standard InChI is InChI=1S/C10H14N4OS/c1-2-12-10(16)14-13-9(15)7-3-5-8(11)6-4-7/h3-6H,2,11H2,1H3,(H,13,15)(H2,12,14,16). The number of nitrogens with two attached hydrogens (primary N) is 1. The van der Waals surface area contributed by atoms with E-state index in [1.165, 1.54) is 0 Å². The van der Waals surface area contributed by atoms with Crippen LogP contribution < -0.4 is 21.9 Å². The summed E-state index contributed by atoms with van der Waals surface area (Å²) in [7, 11) is 0. The molecule has 0 radical (unpaired) electrons. The average Bonchev–Trinajstić information content (AvgIpc) is 2.27. The van der Waals surface area contributed by atoms with Crippen molar-refractivity contribution in [1.82, 2.24) is 16.2 Å². The van der Waals surface area contributed by atoms with Gasteiger partial charge in [-0.2, -0.15) is 0 Å². The van der Waals surface area contributed by atoms with Crippen LogP contribution in [0.1, 0.15) is 17.3 Å². The molecule has 86 valence electrons. The van der Waals surface area contributed by atoms with Gasteiger partial charge in [-0.3, -0.25) is 15.6 Å². The van der Waals surface area contributed by atoms with Crippen LogP contribution in [0.3, 0.4) is 0 Å². The van der Waals surface area contributed by atoms with Crippen LogP contribution in [-0.4, -0.2) is 17.6 Å². The Hall–Kier alpha value is -1.82. The number of nitrogen functional groups attached to an aromatic ring is 1. The van der Waals surface area contributed by atoms with E-state index in [1.54, 1.807) is 24.3 Å². The van der Waals surface area contributed by atoms with Gasteiger partial charge in [0.15, 0.2) is 5.11 Å². The van der Waals surface area contributed by atoms with Crippen LogP contribution in [0.25, 0.3) is 0 Å². The minimum Gasteiger partial charge on any atom is -0.399 e. The molecule has 0 bridgehead atoms. The van der Waals surface area contributed by atoms with Crippen LogP contribution in [-0.2, 0) is 0 Å². The number of rotatable bonds is 2. The fourth-order valence-electron chi connectivity index (χ4n) is 1.02. The van der Waals surface area contributed by atoms with E-state index in [-0.39, 0.29) is 5.91 Å². The number of hydrogen-bond donors (Lipinski definition) is 4. The Morgan fingerprint density at radius 2 is 1.94 bits per heavy atom. The first-order chi connectivity index (χ1) is 7.63. The topological polar surface area (TPSA) is 79.2 Å². The lowest BCUT2D eigenvalue weighted by molar-refractivity contribution is 0.0943. The second-order valence-electron chi connectivity index (χ2n) is 3.06. The molecule has 0 aliphatic carbocycles. The zero-order chi connectivity index (χ0) is 12.0. The van der Waals surface area contributed by atoms with Crippen molar-refractivity contribution in [2.24, 2.45) is 0 Å². The number of amides is 1. The van der Waals surface area contributed by atoms with Crippen molar-refractivity contribution in [2.75, 3.05) is 12.3 Å². The van der Waals surface area contributed by atoms with Gasteiger partial charge in [0.25, 0.3) is 5.91 Å². The maximum atomic E-state index is 11.6. The van der Waals surface area contributed by atoms with Gasteiger partial charge in [-0.15, -0.1) is 0 Å². The van der Waals surface area contributed by atoms with Gasteiger partial charge in [-0.05, 0) is 43.4 Å². The van der Waals surface area contributed by atoms with Crippen LogP contribution in [0, 0.1) is 0 Å². The van der Waals surface area contributed by atoms with E-state index in [4.69, 9.17) is 18.0 Å². The molecule has 1 amide bonds. The van der Waals surface area contributed by atoms with Crippen molar-refractivity contribution in [3.8, 4) is 0 Å². The molecule has 0 spiro atoms. The van der Waals surface area contributed by atoms with Gasteiger partial charge in [0.05, 0.1) is 0 Å². The van der Waals surface area contributed by atoms with Gasteiger partial charge >= 0.3 is 0 Å². The van der Waals surface area contributed by atoms with Gasteiger partial charge in [-0.1, -0.05) is 0 Å². The quantitative estimate of drug-likeness (QED) is 0.341. The molecule has 0 unspecified atom stereocenters. The Morgan fingerprint density at radius 1 is 1.31 bits per heavy atom. The predicted octanol–water partition coefficient (Wildman–Crippen LogP) is 0.398. The minimum atomic E-state index is -0.264. The normalized spacial score (nSPS) is 9.31. The summed E-state index contributed by atoms with van der Waals surface area (Å²) < 4.78 is 0. The van der Waals surface area contributed by atoms with E-state index >= 15 is 0 Å². The summed E-state index contributed by atoms with van der Waals surface area (Å²) in [6, 6.07) is 6.61. The Labute approximate surface area is 99.4 Å². The summed E-state index contributed by atoms with van der Waals surface area (Å²) in [5.74, 6) is -0.264. The monoisotopic (exact) mass is 238 g/mol. The Balaban J connectivity index is 2.47. The SMILES string of the molecule is CCNC(=S)NNC(=O)c1ccc(N)cc1. The number of hydrogen-bond acceptors (Lipinski definition) is 3. The first kappa shape index (κ1) is 12.3. The molecule has 16 heavy (non-hydrogen) atoms. The third kappa shape index (κ3) is 3.74. The number of carbonyl (C=O) groups is 1. The first-order valence-electron chi connectivity index (χ1n) is 4.83. The molecule has 1 aromatic rings. The second-order valence-corrected chi connectivity index (χ2v) is 3.47. The van der Waals surface area contributed by atoms with E-state index in [1.807, 2.05) is 6.92 Å². The molecule has 0 heterocycles. The highest BCUT2D eigenvalue weighted by Gasteiger charge is 2.04. The molecule has 0 aromatic heterocycles. The fraction of sp³-hybridized carbons (Fsp3) is 0.200. The molecule has 5 N–H and O–H groups in total. The highest BCUT2D eigenvalue weighted by atomic mass is 32.1. The van der Waals surface area contributed by atoms with Gasteiger partial charge in [-0.25, -0.2) is 0 Å². The summed E-state index contributed by atoms with van der Waals surface area (Å²) in [4.78, 5) is 11.6.